The van der Waals surface area contributed by atoms with Crippen LogP contribution in [0.5, 0.6) is 0 Å². The Kier molecular flexibility index (Phi) is 4.62. The molecular formula is C10H21NO. The summed E-state index contributed by atoms with van der Waals surface area (Å²) in [5.41, 5.74) is 0. The summed E-state index contributed by atoms with van der Waals surface area (Å²) in [5.74, 6) is 0. The molecule has 0 radical (unpaired) electrons. The summed E-state index contributed by atoms with van der Waals surface area (Å²) in [6, 6.07) is 0.775. The van der Waals surface area contributed by atoms with Crippen LogP contribution in [-0.2, 0) is 0 Å². The van der Waals surface area contributed by atoms with Crippen LogP contribution in [0.15, 0.2) is 0 Å². The summed E-state index contributed by atoms with van der Waals surface area (Å²) in [6.45, 7) is 4.56. The maximum absolute atomic E-state index is 8.88. The van der Waals surface area contributed by atoms with Crippen molar-refractivity contribution >= 4 is 0 Å². The van der Waals surface area contributed by atoms with Crippen LogP contribution in [0.2, 0.25) is 0 Å². The molecule has 0 atom stereocenters. The third-order valence-electron chi connectivity index (χ3n) is 2.74. The zero-order valence-electron chi connectivity index (χ0n) is 8.13. The minimum Gasteiger partial charge on any atom is -0.395 e. The highest BCUT2D eigenvalue weighted by Gasteiger charge is 2.20. The fraction of sp³-hybridized carbons (Fsp3) is 1.00. The first-order valence-electron chi connectivity index (χ1n) is 5.23. The molecule has 0 saturated heterocycles. The van der Waals surface area contributed by atoms with E-state index in [1.54, 1.807) is 0 Å². The van der Waals surface area contributed by atoms with Gasteiger partial charge in [-0.15, -0.1) is 0 Å². The monoisotopic (exact) mass is 171 g/mol. The molecule has 0 amide bonds. The molecule has 72 valence electrons. The van der Waals surface area contributed by atoms with Crippen LogP contribution in [0, 0.1) is 0 Å². The van der Waals surface area contributed by atoms with Crippen LogP contribution in [0.3, 0.4) is 0 Å². The second kappa shape index (κ2) is 5.55. The van der Waals surface area contributed by atoms with Crippen molar-refractivity contribution < 1.29 is 5.11 Å². The van der Waals surface area contributed by atoms with Crippen LogP contribution < -0.4 is 0 Å². The van der Waals surface area contributed by atoms with Gasteiger partial charge in [-0.25, -0.2) is 0 Å². The van der Waals surface area contributed by atoms with Gasteiger partial charge in [-0.3, -0.25) is 4.90 Å². The van der Waals surface area contributed by atoms with Crippen molar-refractivity contribution in [2.75, 3.05) is 19.7 Å². The smallest absolute Gasteiger partial charge is 0.0558 e. The van der Waals surface area contributed by atoms with E-state index in [4.69, 9.17) is 5.11 Å². The molecule has 1 fully saturated rings. The van der Waals surface area contributed by atoms with E-state index in [-0.39, 0.29) is 0 Å². The number of rotatable bonds is 5. The fourth-order valence-electron chi connectivity index (χ4n) is 2.16. The van der Waals surface area contributed by atoms with E-state index in [9.17, 15) is 0 Å². The zero-order valence-corrected chi connectivity index (χ0v) is 8.13. The Labute approximate surface area is 75.6 Å². The summed E-state index contributed by atoms with van der Waals surface area (Å²) in [5, 5.41) is 8.88. The Bertz CT molecular complexity index is 104. The maximum Gasteiger partial charge on any atom is 0.0558 e. The molecule has 0 aromatic rings. The van der Waals surface area contributed by atoms with Crippen molar-refractivity contribution in [1.29, 1.82) is 0 Å². The van der Waals surface area contributed by atoms with Gasteiger partial charge < -0.3 is 5.11 Å². The lowest BCUT2D eigenvalue weighted by Crippen LogP contribution is -2.36. The van der Waals surface area contributed by atoms with Crippen LogP contribution in [0.1, 0.15) is 39.0 Å². The SMILES string of the molecule is CCCN(CCO)C1CCCC1. The maximum atomic E-state index is 8.88. The van der Waals surface area contributed by atoms with Crippen molar-refractivity contribution in [3.8, 4) is 0 Å². The number of aliphatic hydroxyl groups excluding tert-OH is 1. The highest BCUT2D eigenvalue weighted by molar-refractivity contribution is 4.76. The molecule has 1 aliphatic rings. The second-order valence-corrected chi connectivity index (χ2v) is 3.70. The van der Waals surface area contributed by atoms with Gasteiger partial charge in [0.25, 0.3) is 0 Å². The van der Waals surface area contributed by atoms with Crippen LogP contribution in [-0.4, -0.2) is 35.7 Å². The Balaban J connectivity index is 2.29. The molecule has 0 unspecified atom stereocenters. The molecule has 0 aromatic heterocycles. The highest BCUT2D eigenvalue weighted by atomic mass is 16.3. The third kappa shape index (κ3) is 2.76. The summed E-state index contributed by atoms with van der Waals surface area (Å²) in [4.78, 5) is 2.45. The Morgan fingerprint density at radius 2 is 1.92 bits per heavy atom. The quantitative estimate of drug-likeness (QED) is 0.679. The zero-order chi connectivity index (χ0) is 8.81. The Hall–Kier alpha value is -0.0800. The van der Waals surface area contributed by atoms with Crippen molar-refractivity contribution in [2.45, 2.75) is 45.1 Å². The van der Waals surface area contributed by atoms with Crippen LogP contribution in [0.25, 0.3) is 0 Å². The van der Waals surface area contributed by atoms with Gasteiger partial charge >= 0.3 is 0 Å². The predicted molar refractivity (Wildman–Crippen MR) is 51.2 cm³/mol. The average molecular weight is 171 g/mol. The first kappa shape index (κ1) is 10.0. The van der Waals surface area contributed by atoms with Crippen molar-refractivity contribution in [2.24, 2.45) is 0 Å². The molecule has 1 rings (SSSR count). The van der Waals surface area contributed by atoms with E-state index in [1.165, 1.54) is 32.1 Å². The lowest BCUT2D eigenvalue weighted by atomic mass is 10.2. The standard InChI is InChI=1S/C10H21NO/c1-2-7-11(8-9-12)10-5-3-4-6-10/h10,12H,2-9H2,1H3. The van der Waals surface area contributed by atoms with Gasteiger partial charge in [-0.1, -0.05) is 19.8 Å². The number of hydrogen-bond donors (Lipinski definition) is 1. The molecular weight excluding hydrogens is 150 g/mol. The number of aliphatic hydroxyl groups is 1. The fourth-order valence-corrected chi connectivity index (χ4v) is 2.16. The van der Waals surface area contributed by atoms with E-state index in [2.05, 4.69) is 11.8 Å². The normalized spacial score (nSPS) is 19.2. The number of nitrogens with zero attached hydrogens (tertiary/aromatic N) is 1. The van der Waals surface area contributed by atoms with Crippen molar-refractivity contribution in [3.05, 3.63) is 0 Å². The van der Waals surface area contributed by atoms with Gasteiger partial charge in [0.1, 0.15) is 0 Å². The highest BCUT2D eigenvalue weighted by Crippen LogP contribution is 2.23. The molecule has 1 N–H and O–H groups in total. The topological polar surface area (TPSA) is 23.5 Å². The molecule has 0 aliphatic heterocycles. The summed E-state index contributed by atoms with van der Waals surface area (Å²) >= 11 is 0. The van der Waals surface area contributed by atoms with Gasteiger partial charge in [0.05, 0.1) is 6.61 Å². The second-order valence-electron chi connectivity index (χ2n) is 3.70. The molecule has 2 nitrogen and oxygen atoms in total. The van der Waals surface area contributed by atoms with E-state index in [0.717, 1.165) is 19.1 Å². The summed E-state index contributed by atoms with van der Waals surface area (Å²) in [7, 11) is 0. The molecule has 0 aromatic carbocycles. The van der Waals surface area contributed by atoms with E-state index in [1.807, 2.05) is 0 Å². The van der Waals surface area contributed by atoms with Gasteiger partial charge in [-0.2, -0.15) is 0 Å². The van der Waals surface area contributed by atoms with Crippen molar-refractivity contribution in [1.82, 2.24) is 4.90 Å². The molecule has 1 aliphatic carbocycles. The lowest BCUT2D eigenvalue weighted by molar-refractivity contribution is 0.152. The molecule has 0 spiro atoms. The minimum absolute atomic E-state index is 0.316. The lowest BCUT2D eigenvalue weighted by Gasteiger charge is -2.27. The molecule has 0 bridgehead atoms. The summed E-state index contributed by atoms with van der Waals surface area (Å²) in [6.07, 6.45) is 6.67. The van der Waals surface area contributed by atoms with E-state index in [0.29, 0.717) is 6.61 Å². The van der Waals surface area contributed by atoms with Crippen LogP contribution in [0.4, 0.5) is 0 Å². The molecule has 12 heavy (non-hydrogen) atoms. The Morgan fingerprint density at radius 1 is 1.25 bits per heavy atom. The first-order chi connectivity index (χ1) is 5.88. The third-order valence-corrected chi connectivity index (χ3v) is 2.74. The number of hydrogen-bond acceptors (Lipinski definition) is 2. The van der Waals surface area contributed by atoms with Gasteiger partial charge in [0.2, 0.25) is 0 Å². The largest absolute Gasteiger partial charge is 0.395 e. The van der Waals surface area contributed by atoms with Crippen LogP contribution >= 0.6 is 0 Å². The Morgan fingerprint density at radius 3 is 2.42 bits per heavy atom. The van der Waals surface area contributed by atoms with Gasteiger partial charge in [-0.05, 0) is 25.8 Å². The predicted octanol–water partition coefficient (Wildman–Crippen LogP) is 1.63. The average Bonchev–Trinajstić information content (AvgIpc) is 2.56. The first-order valence-corrected chi connectivity index (χ1v) is 5.23. The summed E-state index contributed by atoms with van der Waals surface area (Å²) < 4.78 is 0. The van der Waals surface area contributed by atoms with E-state index >= 15 is 0 Å². The van der Waals surface area contributed by atoms with Crippen molar-refractivity contribution in [3.63, 3.8) is 0 Å². The van der Waals surface area contributed by atoms with E-state index < -0.39 is 0 Å². The molecule has 1 saturated carbocycles. The molecule has 0 heterocycles. The minimum atomic E-state index is 0.316. The van der Waals surface area contributed by atoms with Gasteiger partial charge in [0, 0.05) is 12.6 Å². The van der Waals surface area contributed by atoms with Gasteiger partial charge in [0.15, 0.2) is 0 Å². The molecule has 2 heteroatoms.